The van der Waals surface area contributed by atoms with Gasteiger partial charge in [0.25, 0.3) is 0 Å². The predicted octanol–water partition coefficient (Wildman–Crippen LogP) is 3.37. The zero-order chi connectivity index (χ0) is 13.4. The average Bonchev–Trinajstić information content (AvgIpc) is 2.34. The van der Waals surface area contributed by atoms with Crippen LogP contribution in [-0.2, 0) is 5.54 Å². The van der Waals surface area contributed by atoms with Crippen LogP contribution in [0.1, 0.15) is 36.8 Å². The summed E-state index contributed by atoms with van der Waals surface area (Å²) in [4.78, 5) is 0. The number of rotatable bonds is 2. The van der Waals surface area contributed by atoms with Crippen molar-refractivity contribution in [3.63, 3.8) is 0 Å². The Morgan fingerprint density at radius 3 is 2.33 bits per heavy atom. The third kappa shape index (κ3) is 2.34. The van der Waals surface area contributed by atoms with Crippen LogP contribution >= 0.6 is 0 Å². The van der Waals surface area contributed by atoms with Crippen molar-refractivity contribution in [3.05, 3.63) is 29.3 Å². The third-order valence-electron chi connectivity index (χ3n) is 3.91. The lowest BCUT2D eigenvalue weighted by Gasteiger charge is -2.38. The minimum atomic E-state index is -2.56. The van der Waals surface area contributed by atoms with Gasteiger partial charge in [-0.05, 0) is 37.0 Å². The number of nitrogens with two attached hydrogens (primary N) is 1. The molecule has 1 saturated carbocycles. The highest BCUT2D eigenvalue weighted by Gasteiger charge is 2.42. The van der Waals surface area contributed by atoms with E-state index in [1.807, 2.05) is 25.1 Å². The van der Waals surface area contributed by atoms with E-state index in [4.69, 9.17) is 10.5 Å². The van der Waals surface area contributed by atoms with Crippen molar-refractivity contribution in [2.45, 2.75) is 44.1 Å². The lowest BCUT2D eigenvalue weighted by atomic mass is 9.74. The SMILES string of the molecule is COc1cccc(C2(N)CCC(F)(F)CC2)c1C. The van der Waals surface area contributed by atoms with Gasteiger partial charge in [0, 0.05) is 18.4 Å². The number of halogens is 2. The summed E-state index contributed by atoms with van der Waals surface area (Å²) in [5.41, 5.74) is 7.56. The zero-order valence-electron chi connectivity index (χ0n) is 10.8. The fraction of sp³-hybridized carbons (Fsp3) is 0.571. The summed E-state index contributed by atoms with van der Waals surface area (Å²) in [6, 6.07) is 5.64. The molecule has 0 radical (unpaired) electrons. The van der Waals surface area contributed by atoms with Crippen molar-refractivity contribution >= 4 is 0 Å². The van der Waals surface area contributed by atoms with Crippen LogP contribution in [-0.4, -0.2) is 13.0 Å². The van der Waals surface area contributed by atoms with Crippen molar-refractivity contribution in [2.75, 3.05) is 7.11 Å². The standard InChI is InChI=1S/C14H19F2NO/c1-10-11(4-3-5-12(10)18-2)13(17)6-8-14(15,16)9-7-13/h3-5H,6-9,17H2,1-2H3. The molecular weight excluding hydrogens is 236 g/mol. The maximum Gasteiger partial charge on any atom is 0.248 e. The van der Waals surface area contributed by atoms with Crippen molar-refractivity contribution in [1.82, 2.24) is 0 Å². The molecule has 0 atom stereocenters. The first-order valence-electron chi connectivity index (χ1n) is 6.19. The first-order valence-corrected chi connectivity index (χ1v) is 6.19. The molecule has 1 aliphatic carbocycles. The topological polar surface area (TPSA) is 35.2 Å². The predicted molar refractivity (Wildman–Crippen MR) is 67.0 cm³/mol. The van der Waals surface area contributed by atoms with E-state index >= 15 is 0 Å². The second kappa shape index (κ2) is 4.50. The molecule has 0 unspecified atom stereocenters. The Bertz CT molecular complexity index is 435. The van der Waals surface area contributed by atoms with Gasteiger partial charge in [-0.3, -0.25) is 0 Å². The molecule has 1 fully saturated rings. The Hall–Kier alpha value is -1.16. The average molecular weight is 255 g/mol. The monoisotopic (exact) mass is 255 g/mol. The summed E-state index contributed by atoms with van der Waals surface area (Å²) in [5.74, 6) is -1.80. The molecule has 18 heavy (non-hydrogen) atoms. The molecule has 1 aromatic rings. The normalized spacial score (nSPS) is 21.6. The second-order valence-electron chi connectivity index (χ2n) is 5.14. The first kappa shape index (κ1) is 13.3. The Morgan fingerprint density at radius 1 is 1.17 bits per heavy atom. The van der Waals surface area contributed by atoms with Gasteiger partial charge in [-0.15, -0.1) is 0 Å². The van der Waals surface area contributed by atoms with E-state index in [1.165, 1.54) is 0 Å². The summed E-state index contributed by atoms with van der Waals surface area (Å²) in [5, 5.41) is 0. The van der Waals surface area contributed by atoms with Crippen LogP contribution in [0, 0.1) is 6.92 Å². The van der Waals surface area contributed by atoms with Gasteiger partial charge in [-0.1, -0.05) is 12.1 Å². The van der Waals surface area contributed by atoms with Crippen molar-refractivity contribution < 1.29 is 13.5 Å². The molecule has 0 saturated heterocycles. The number of benzene rings is 1. The van der Waals surface area contributed by atoms with Crippen LogP contribution in [0.15, 0.2) is 18.2 Å². The van der Waals surface area contributed by atoms with Crippen LogP contribution in [0.3, 0.4) is 0 Å². The third-order valence-corrected chi connectivity index (χ3v) is 3.91. The van der Waals surface area contributed by atoms with Gasteiger partial charge in [-0.2, -0.15) is 0 Å². The van der Waals surface area contributed by atoms with Gasteiger partial charge in [0.2, 0.25) is 5.92 Å². The molecule has 4 heteroatoms. The van der Waals surface area contributed by atoms with Crippen LogP contribution in [0.5, 0.6) is 5.75 Å². The first-order chi connectivity index (χ1) is 8.38. The van der Waals surface area contributed by atoms with Gasteiger partial charge in [-0.25, -0.2) is 8.78 Å². The highest BCUT2D eigenvalue weighted by molar-refractivity contribution is 5.43. The molecule has 0 bridgehead atoms. The minimum Gasteiger partial charge on any atom is -0.496 e. The van der Waals surface area contributed by atoms with Gasteiger partial charge >= 0.3 is 0 Å². The van der Waals surface area contributed by atoms with Gasteiger partial charge < -0.3 is 10.5 Å². The molecule has 1 aromatic carbocycles. The number of hydrogen-bond acceptors (Lipinski definition) is 2. The van der Waals surface area contributed by atoms with E-state index in [0.717, 1.165) is 16.9 Å². The number of ether oxygens (including phenoxy) is 1. The summed E-state index contributed by atoms with van der Waals surface area (Å²) in [6.07, 6.45) is 0.350. The van der Waals surface area contributed by atoms with Crippen molar-refractivity contribution in [3.8, 4) is 5.75 Å². The second-order valence-corrected chi connectivity index (χ2v) is 5.14. The lowest BCUT2D eigenvalue weighted by Crippen LogP contribution is -2.44. The van der Waals surface area contributed by atoms with Gasteiger partial charge in [0.1, 0.15) is 5.75 Å². The van der Waals surface area contributed by atoms with Crippen LogP contribution in [0.2, 0.25) is 0 Å². The fourth-order valence-electron chi connectivity index (χ4n) is 2.71. The van der Waals surface area contributed by atoms with Crippen molar-refractivity contribution in [2.24, 2.45) is 5.73 Å². The number of alkyl halides is 2. The van der Waals surface area contributed by atoms with Crippen LogP contribution < -0.4 is 10.5 Å². The molecule has 1 aliphatic rings. The molecule has 2 nitrogen and oxygen atoms in total. The zero-order valence-corrected chi connectivity index (χ0v) is 10.8. The Balaban J connectivity index is 2.31. The van der Waals surface area contributed by atoms with E-state index in [0.29, 0.717) is 12.8 Å². The molecule has 0 heterocycles. The summed E-state index contributed by atoms with van der Waals surface area (Å²) < 4.78 is 31.7. The summed E-state index contributed by atoms with van der Waals surface area (Å²) in [7, 11) is 1.60. The van der Waals surface area contributed by atoms with E-state index in [9.17, 15) is 8.78 Å². The Kier molecular flexibility index (Phi) is 3.32. The Labute approximate surface area is 106 Å². The molecule has 100 valence electrons. The minimum absolute atomic E-state index is 0.139. The molecule has 0 aliphatic heterocycles. The Morgan fingerprint density at radius 2 is 1.78 bits per heavy atom. The fourth-order valence-corrected chi connectivity index (χ4v) is 2.71. The van der Waals surface area contributed by atoms with E-state index < -0.39 is 11.5 Å². The lowest BCUT2D eigenvalue weighted by molar-refractivity contribution is -0.0515. The largest absolute Gasteiger partial charge is 0.496 e. The quantitative estimate of drug-likeness (QED) is 0.879. The maximum absolute atomic E-state index is 13.2. The molecule has 0 amide bonds. The van der Waals surface area contributed by atoms with Crippen LogP contribution in [0.25, 0.3) is 0 Å². The molecule has 0 aromatic heterocycles. The number of methoxy groups -OCH3 is 1. The van der Waals surface area contributed by atoms with Gasteiger partial charge in [0.15, 0.2) is 0 Å². The molecule has 2 N–H and O–H groups in total. The number of hydrogen-bond donors (Lipinski definition) is 1. The summed E-state index contributed by atoms with van der Waals surface area (Å²) >= 11 is 0. The van der Waals surface area contributed by atoms with E-state index in [2.05, 4.69) is 0 Å². The van der Waals surface area contributed by atoms with Crippen LogP contribution in [0.4, 0.5) is 8.78 Å². The van der Waals surface area contributed by atoms with Crippen molar-refractivity contribution in [1.29, 1.82) is 0 Å². The molecule has 0 spiro atoms. The van der Waals surface area contributed by atoms with E-state index in [-0.39, 0.29) is 12.8 Å². The molecule has 2 rings (SSSR count). The van der Waals surface area contributed by atoms with Gasteiger partial charge in [0.05, 0.1) is 7.11 Å². The molecular formula is C14H19F2NO. The summed E-state index contributed by atoms with van der Waals surface area (Å²) in [6.45, 7) is 1.93. The highest BCUT2D eigenvalue weighted by atomic mass is 19.3. The smallest absolute Gasteiger partial charge is 0.248 e. The highest BCUT2D eigenvalue weighted by Crippen LogP contribution is 2.44. The van der Waals surface area contributed by atoms with E-state index in [1.54, 1.807) is 7.11 Å². The maximum atomic E-state index is 13.2.